The molecule has 1 unspecified atom stereocenters. The quantitative estimate of drug-likeness (QED) is 0.826. The Balaban J connectivity index is 2.35. The van der Waals surface area contributed by atoms with Crippen molar-refractivity contribution in [2.75, 3.05) is 18.6 Å². The number of anilines is 1. The van der Waals surface area contributed by atoms with Crippen LogP contribution in [0.1, 0.15) is 21.7 Å². The second-order valence-electron chi connectivity index (χ2n) is 4.38. The first-order chi connectivity index (χ1) is 8.93. The first kappa shape index (κ1) is 13.5. The van der Waals surface area contributed by atoms with Crippen LogP contribution >= 0.6 is 11.3 Å². The number of methoxy groups -OCH3 is 1. The summed E-state index contributed by atoms with van der Waals surface area (Å²) in [6.07, 6.45) is 0.0902. The molecule has 2 N–H and O–H groups in total. The number of nitrogens with zero attached hydrogens (tertiary/aromatic N) is 1. The van der Waals surface area contributed by atoms with Gasteiger partial charge in [0.2, 0.25) is 11.8 Å². The van der Waals surface area contributed by atoms with E-state index in [1.807, 2.05) is 6.92 Å². The summed E-state index contributed by atoms with van der Waals surface area (Å²) in [6, 6.07) is 1.68. The number of hydrogen-bond acceptors (Lipinski definition) is 5. The van der Waals surface area contributed by atoms with E-state index in [2.05, 4.69) is 0 Å². The van der Waals surface area contributed by atoms with E-state index in [1.54, 1.807) is 6.07 Å². The molecule has 7 heteroatoms. The Hall–Kier alpha value is -1.89. The predicted octanol–water partition coefficient (Wildman–Crippen LogP) is 0.681. The number of carbonyl (C=O) groups excluding carboxylic acids is 3. The molecule has 0 radical (unpaired) electrons. The summed E-state index contributed by atoms with van der Waals surface area (Å²) in [7, 11) is 1.29. The van der Waals surface area contributed by atoms with Crippen molar-refractivity contribution in [3.63, 3.8) is 0 Å². The van der Waals surface area contributed by atoms with E-state index in [4.69, 9.17) is 10.5 Å². The fraction of sp³-hybridized carbons (Fsp3) is 0.417. The number of ether oxygens (including phenoxy) is 1. The third-order valence-electron chi connectivity index (χ3n) is 3.01. The van der Waals surface area contributed by atoms with Crippen LogP contribution in [0, 0.1) is 12.8 Å². The summed E-state index contributed by atoms with van der Waals surface area (Å²) >= 11 is 1.32. The van der Waals surface area contributed by atoms with Crippen LogP contribution in [0.2, 0.25) is 0 Å². The molecule has 0 spiro atoms. The Morgan fingerprint density at radius 3 is 2.74 bits per heavy atom. The molecule has 2 amide bonds. The lowest BCUT2D eigenvalue weighted by atomic mass is 10.1. The third kappa shape index (κ3) is 2.46. The zero-order valence-corrected chi connectivity index (χ0v) is 11.5. The fourth-order valence-electron chi connectivity index (χ4n) is 2.05. The summed E-state index contributed by atoms with van der Waals surface area (Å²) in [5, 5.41) is 0.526. The first-order valence-electron chi connectivity index (χ1n) is 5.72. The number of aryl methyl sites for hydroxylation is 1. The number of rotatable bonds is 3. The molecule has 2 rings (SSSR count). The Kier molecular flexibility index (Phi) is 3.57. The van der Waals surface area contributed by atoms with Gasteiger partial charge in [-0.05, 0) is 13.0 Å². The number of thiophene rings is 1. The number of esters is 1. The lowest BCUT2D eigenvalue weighted by Crippen LogP contribution is -2.28. The van der Waals surface area contributed by atoms with Gasteiger partial charge in [-0.2, -0.15) is 0 Å². The van der Waals surface area contributed by atoms with Crippen LogP contribution in [0.15, 0.2) is 6.07 Å². The second kappa shape index (κ2) is 5.00. The van der Waals surface area contributed by atoms with E-state index in [1.165, 1.54) is 23.3 Å². The maximum atomic E-state index is 11.9. The molecule has 1 fully saturated rings. The van der Waals surface area contributed by atoms with Gasteiger partial charge in [0.25, 0.3) is 0 Å². The molecule has 0 saturated carbocycles. The van der Waals surface area contributed by atoms with Gasteiger partial charge in [-0.15, -0.1) is 11.3 Å². The van der Waals surface area contributed by atoms with Gasteiger partial charge in [0.1, 0.15) is 5.00 Å². The third-order valence-corrected chi connectivity index (χ3v) is 4.09. The summed E-state index contributed by atoms with van der Waals surface area (Å²) in [4.78, 5) is 37.1. The largest absolute Gasteiger partial charge is 0.465 e. The van der Waals surface area contributed by atoms with E-state index in [0.717, 1.165) is 4.88 Å². The van der Waals surface area contributed by atoms with Crippen LogP contribution in [0.3, 0.4) is 0 Å². The summed E-state index contributed by atoms with van der Waals surface area (Å²) in [5.41, 5.74) is 5.57. The zero-order chi connectivity index (χ0) is 14.2. The summed E-state index contributed by atoms with van der Waals surface area (Å²) in [5.74, 6) is -1.69. The molecule has 1 aliphatic rings. The van der Waals surface area contributed by atoms with Crippen molar-refractivity contribution >= 4 is 34.1 Å². The summed E-state index contributed by atoms with van der Waals surface area (Å²) in [6.45, 7) is 2.06. The lowest BCUT2D eigenvalue weighted by molar-refractivity contribution is -0.123. The topological polar surface area (TPSA) is 89.7 Å². The standard InChI is InChI=1S/C12H14N2O4S/c1-6-3-8(12(17)18-2)11(19-6)14-5-7(10(13)16)4-9(14)15/h3,7H,4-5H2,1-2H3,(H2,13,16). The molecule has 1 aromatic heterocycles. The van der Waals surface area contributed by atoms with Gasteiger partial charge < -0.3 is 15.4 Å². The Morgan fingerprint density at radius 2 is 2.21 bits per heavy atom. The highest BCUT2D eigenvalue weighted by Crippen LogP contribution is 2.35. The van der Waals surface area contributed by atoms with Crippen LogP contribution in [-0.2, 0) is 14.3 Å². The van der Waals surface area contributed by atoms with Crippen molar-refractivity contribution < 1.29 is 19.1 Å². The highest BCUT2D eigenvalue weighted by Gasteiger charge is 2.36. The van der Waals surface area contributed by atoms with E-state index >= 15 is 0 Å². The molecule has 102 valence electrons. The molecule has 0 aromatic carbocycles. The Bertz CT molecular complexity index is 552. The predicted molar refractivity (Wildman–Crippen MR) is 70.0 cm³/mol. The monoisotopic (exact) mass is 282 g/mol. The van der Waals surface area contributed by atoms with Gasteiger partial charge in [0, 0.05) is 17.8 Å². The minimum absolute atomic E-state index is 0.0902. The zero-order valence-electron chi connectivity index (χ0n) is 10.6. The van der Waals surface area contributed by atoms with Crippen LogP contribution < -0.4 is 10.6 Å². The normalized spacial score (nSPS) is 18.7. The maximum Gasteiger partial charge on any atom is 0.340 e. The van der Waals surface area contributed by atoms with Gasteiger partial charge >= 0.3 is 5.97 Å². The molecule has 0 bridgehead atoms. The number of carbonyl (C=O) groups is 3. The molecule has 2 heterocycles. The minimum Gasteiger partial charge on any atom is -0.465 e. The van der Waals surface area contributed by atoms with Crippen LogP contribution in [0.25, 0.3) is 0 Å². The molecular formula is C12H14N2O4S. The smallest absolute Gasteiger partial charge is 0.340 e. The fourth-order valence-corrected chi connectivity index (χ4v) is 3.07. The van der Waals surface area contributed by atoms with Crippen LogP contribution in [-0.4, -0.2) is 31.4 Å². The molecule has 6 nitrogen and oxygen atoms in total. The highest BCUT2D eigenvalue weighted by molar-refractivity contribution is 7.16. The average Bonchev–Trinajstić information content (AvgIpc) is 2.91. The van der Waals surface area contributed by atoms with E-state index < -0.39 is 17.8 Å². The number of hydrogen-bond donors (Lipinski definition) is 1. The molecular weight excluding hydrogens is 268 g/mol. The first-order valence-corrected chi connectivity index (χ1v) is 6.54. The van der Waals surface area contributed by atoms with Crippen molar-refractivity contribution in [1.29, 1.82) is 0 Å². The van der Waals surface area contributed by atoms with Crippen molar-refractivity contribution in [2.24, 2.45) is 11.7 Å². The summed E-state index contributed by atoms with van der Waals surface area (Å²) < 4.78 is 4.70. The molecule has 19 heavy (non-hydrogen) atoms. The maximum absolute atomic E-state index is 11.9. The van der Waals surface area contributed by atoms with Crippen molar-refractivity contribution in [3.8, 4) is 0 Å². The molecule has 1 aromatic rings. The van der Waals surface area contributed by atoms with E-state index in [9.17, 15) is 14.4 Å². The van der Waals surface area contributed by atoms with Crippen LogP contribution in [0.4, 0.5) is 5.00 Å². The molecule has 0 aliphatic carbocycles. The van der Waals surface area contributed by atoms with E-state index in [0.29, 0.717) is 10.6 Å². The molecule has 1 aliphatic heterocycles. The SMILES string of the molecule is COC(=O)c1cc(C)sc1N1CC(C(N)=O)CC1=O. The van der Waals surface area contributed by atoms with Gasteiger partial charge in [0.05, 0.1) is 18.6 Å². The average molecular weight is 282 g/mol. The number of nitrogens with two attached hydrogens (primary N) is 1. The number of primary amides is 1. The second-order valence-corrected chi connectivity index (χ2v) is 5.61. The van der Waals surface area contributed by atoms with E-state index in [-0.39, 0.29) is 18.9 Å². The highest BCUT2D eigenvalue weighted by atomic mass is 32.1. The minimum atomic E-state index is -0.500. The molecule has 1 saturated heterocycles. The van der Waals surface area contributed by atoms with Gasteiger partial charge in [-0.25, -0.2) is 4.79 Å². The van der Waals surface area contributed by atoms with Gasteiger partial charge in [-0.3, -0.25) is 9.59 Å². The molecule has 1 atom stereocenters. The Morgan fingerprint density at radius 1 is 1.53 bits per heavy atom. The van der Waals surface area contributed by atoms with Gasteiger partial charge in [0.15, 0.2) is 0 Å². The Labute approximate surface area is 114 Å². The van der Waals surface area contributed by atoms with Crippen molar-refractivity contribution in [3.05, 3.63) is 16.5 Å². The van der Waals surface area contributed by atoms with Crippen molar-refractivity contribution in [2.45, 2.75) is 13.3 Å². The number of amides is 2. The lowest BCUT2D eigenvalue weighted by Gasteiger charge is -2.15. The van der Waals surface area contributed by atoms with Gasteiger partial charge in [-0.1, -0.05) is 0 Å². The van der Waals surface area contributed by atoms with Crippen LogP contribution in [0.5, 0.6) is 0 Å². The van der Waals surface area contributed by atoms with Crippen molar-refractivity contribution in [1.82, 2.24) is 0 Å².